The maximum atomic E-state index is 11.5. The van der Waals surface area contributed by atoms with E-state index in [-0.39, 0.29) is 11.9 Å². The first-order valence-electron chi connectivity index (χ1n) is 6.01. The van der Waals surface area contributed by atoms with Crippen molar-refractivity contribution >= 4 is 5.91 Å². The molecule has 0 unspecified atom stereocenters. The number of carbonyl (C=O) groups is 1. The van der Waals surface area contributed by atoms with Crippen LogP contribution < -0.4 is 10.1 Å². The molecule has 0 saturated heterocycles. The zero-order valence-corrected chi connectivity index (χ0v) is 10.9. The first-order valence-corrected chi connectivity index (χ1v) is 6.01. The Morgan fingerprint density at radius 3 is 2.84 bits per heavy atom. The van der Waals surface area contributed by atoms with E-state index in [2.05, 4.69) is 15.6 Å². The first-order chi connectivity index (χ1) is 9.20. The molecule has 6 heteroatoms. The Bertz CT molecular complexity index is 539. The number of rotatable bonds is 5. The molecule has 6 nitrogen and oxygen atoms in total. The van der Waals surface area contributed by atoms with E-state index < -0.39 is 0 Å². The number of ether oxygens (including phenoxy) is 1. The van der Waals surface area contributed by atoms with E-state index in [4.69, 9.17) is 4.74 Å². The Labute approximate surface area is 111 Å². The second kappa shape index (κ2) is 5.99. The Morgan fingerprint density at radius 2 is 2.16 bits per heavy atom. The zero-order valence-electron chi connectivity index (χ0n) is 10.9. The predicted molar refractivity (Wildman–Crippen MR) is 69.6 cm³/mol. The molecule has 1 N–H and O–H groups in total. The molecule has 0 spiro atoms. The maximum Gasteiger partial charge on any atom is 0.244 e. The number of benzene rings is 1. The number of amides is 1. The van der Waals surface area contributed by atoms with Crippen LogP contribution in [0.2, 0.25) is 0 Å². The van der Waals surface area contributed by atoms with Crippen molar-refractivity contribution in [2.24, 2.45) is 0 Å². The third-order valence-corrected chi connectivity index (χ3v) is 2.71. The topological polar surface area (TPSA) is 69.0 Å². The number of aromatic nitrogens is 3. The summed E-state index contributed by atoms with van der Waals surface area (Å²) in [4.78, 5) is 11.5. The standard InChI is InChI=1S/C13H16N4O2/c1-10(13(18)14-2)17-8-11(15-16-17)9-19-12-6-4-3-5-7-12/h3-8,10H,9H2,1-2H3,(H,14,18)/t10-/m0/s1. The molecule has 1 amide bonds. The summed E-state index contributed by atoms with van der Waals surface area (Å²) in [6, 6.07) is 9.09. The molecular weight excluding hydrogens is 244 g/mol. The summed E-state index contributed by atoms with van der Waals surface area (Å²) in [7, 11) is 1.59. The quantitative estimate of drug-likeness (QED) is 0.876. The number of nitrogens with zero attached hydrogens (tertiary/aromatic N) is 3. The zero-order chi connectivity index (χ0) is 13.7. The smallest absolute Gasteiger partial charge is 0.244 e. The van der Waals surface area contributed by atoms with Crippen LogP contribution in [-0.4, -0.2) is 27.9 Å². The summed E-state index contributed by atoms with van der Waals surface area (Å²) in [5.41, 5.74) is 0.680. The van der Waals surface area contributed by atoms with E-state index in [9.17, 15) is 4.79 Å². The fraction of sp³-hybridized carbons (Fsp3) is 0.308. The molecule has 0 saturated carbocycles. The Hall–Kier alpha value is -2.37. The van der Waals surface area contributed by atoms with Gasteiger partial charge in [-0.3, -0.25) is 4.79 Å². The van der Waals surface area contributed by atoms with Crippen LogP contribution in [0.4, 0.5) is 0 Å². The van der Waals surface area contributed by atoms with Gasteiger partial charge in [0.1, 0.15) is 24.1 Å². The van der Waals surface area contributed by atoms with Gasteiger partial charge in [0.25, 0.3) is 0 Å². The molecule has 2 aromatic rings. The first kappa shape index (κ1) is 13.1. The van der Waals surface area contributed by atoms with Crippen LogP contribution in [0.3, 0.4) is 0 Å². The van der Waals surface area contributed by atoms with E-state index in [1.54, 1.807) is 20.2 Å². The Balaban J connectivity index is 1.96. The minimum atomic E-state index is -0.386. The molecule has 0 fully saturated rings. The monoisotopic (exact) mass is 260 g/mol. The highest BCUT2D eigenvalue weighted by molar-refractivity contribution is 5.79. The summed E-state index contributed by atoms with van der Waals surface area (Å²) in [6.07, 6.45) is 1.71. The third-order valence-electron chi connectivity index (χ3n) is 2.71. The van der Waals surface area contributed by atoms with Crippen molar-refractivity contribution in [2.45, 2.75) is 19.6 Å². The van der Waals surface area contributed by atoms with Crippen molar-refractivity contribution in [1.29, 1.82) is 0 Å². The minimum Gasteiger partial charge on any atom is -0.487 e. The number of likely N-dealkylation sites (N-methyl/N-ethyl adjacent to an activating group) is 1. The largest absolute Gasteiger partial charge is 0.487 e. The molecule has 1 atom stereocenters. The SMILES string of the molecule is CNC(=O)[C@H](C)n1cc(COc2ccccc2)nn1. The van der Waals surface area contributed by atoms with Gasteiger partial charge in [-0.15, -0.1) is 5.10 Å². The van der Waals surface area contributed by atoms with Crippen molar-refractivity contribution in [3.8, 4) is 5.75 Å². The van der Waals surface area contributed by atoms with Gasteiger partial charge in [0.15, 0.2) is 0 Å². The maximum absolute atomic E-state index is 11.5. The molecule has 19 heavy (non-hydrogen) atoms. The normalized spacial score (nSPS) is 11.9. The van der Waals surface area contributed by atoms with Crippen LogP contribution >= 0.6 is 0 Å². The average Bonchev–Trinajstić information content (AvgIpc) is 2.93. The Morgan fingerprint density at radius 1 is 1.42 bits per heavy atom. The van der Waals surface area contributed by atoms with E-state index in [0.717, 1.165) is 5.75 Å². The van der Waals surface area contributed by atoms with Gasteiger partial charge < -0.3 is 10.1 Å². The molecule has 0 aliphatic carbocycles. The molecule has 1 aromatic carbocycles. The lowest BCUT2D eigenvalue weighted by Gasteiger charge is -2.08. The van der Waals surface area contributed by atoms with Crippen molar-refractivity contribution in [2.75, 3.05) is 7.05 Å². The van der Waals surface area contributed by atoms with Crippen LogP contribution in [0.1, 0.15) is 18.7 Å². The highest BCUT2D eigenvalue weighted by atomic mass is 16.5. The number of para-hydroxylation sites is 1. The lowest BCUT2D eigenvalue weighted by molar-refractivity contribution is -0.123. The van der Waals surface area contributed by atoms with Gasteiger partial charge in [0.05, 0.1) is 6.20 Å². The van der Waals surface area contributed by atoms with Crippen molar-refractivity contribution in [3.05, 3.63) is 42.2 Å². The van der Waals surface area contributed by atoms with Gasteiger partial charge >= 0.3 is 0 Å². The number of hydrogen-bond donors (Lipinski definition) is 1. The molecule has 0 aliphatic rings. The highest BCUT2D eigenvalue weighted by Crippen LogP contribution is 2.11. The number of carbonyl (C=O) groups excluding carboxylic acids is 1. The summed E-state index contributed by atoms with van der Waals surface area (Å²) < 4.78 is 7.07. The fourth-order valence-corrected chi connectivity index (χ4v) is 1.57. The molecule has 0 radical (unpaired) electrons. The van der Waals surface area contributed by atoms with Crippen molar-refractivity contribution < 1.29 is 9.53 Å². The Kier molecular flexibility index (Phi) is 4.12. The van der Waals surface area contributed by atoms with Crippen molar-refractivity contribution in [3.63, 3.8) is 0 Å². The van der Waals surface area contributed by atoms with Gasteiger partial charge in [0.2, 0.25) is 5.91 Å². The molecule has 100 valence electrons. The van der Waals surface area contributed by atoms with Gasteiger partial charge in [-0.05, 0) is 19.1 Å². The molecular formula is C13H16N4O2. The lowest BCUT2D eigenvalue weighted by atomic mass is 10.3. The van der Waals surface area contributed by atoms with Gasteiger partial charge in [-0.25, -0.2) is 4.68 Å². The third kappa shape index (κ3) is 3.31. The molecule has 0 aliphatic heterocycles. The average molecular weight is 260 g/mol. The second-order valence-corrected chi connectivity index (χ2v) is 4.08. The molecule has 1 aromatic heterocycles. The van der Waals surface area contributed by atoms with Crippen LogP contribution in [-0.2, 0) is 11.4 Å². The van der Waals surface area contributed by atoms with Gasteiger partial charge in [-0.1, -0.05) is 23.4 Å². The molecule has 0 bridgehead atoms. The summed E-state index contributed by atoms with van der Waals surface area (Å²) >= 11 is 0. The van der Waals surface area contributed by atoms with Gasteiger partial charge in [-0.2, -0.15) is 0 Å². The number of hydrogen-bond acceptors (Lipinski definition) is 4. The predicted octanol–water partition coefficient (Wildman–Crippen LogP) is 1.16. The van der Waals surface area contributed by atoms with Crippen LogP contribution in [0.15, 0.2) is 36.5 Å². The summed E-state index contributed by atoms with van der Waals surface area (Å²) in [6.45, 7) is 2.08. The van der Waals surface area contributed by atoms with Gasteiger partial charge in [0, 0.05) is 7.05 Å². The van der Waals surface area contributed by atoms with E-state index in [1.807, 2.05) is 30.3 Å². The van der Waals surface area contributed by atoms with E-state index in [1.165, 1.54) is 4.68 Å². The van der Waals surface area contributed by atoms with Crippen molar-refractivity contribution in [1.82, 2.24) is 20.3 Å². The number of nitrogens with one attached hydrogen (secondary N) is 1. The highest BCUT2D eigenvalue weighted by Gasteiger charge is 2.15. The molecule has 1 heterocycles. The van der Waals surface area contributed by atoms with Crippen LogP contribution in [0.25, 0.3) is 0 Å². The fourth-order valence-electron chi connectivity index (χ4n) is 1.57. The molecule has 2 rings (SSSR count). The second-order valence-electron chi connectivity index (χ2n) is 4.08. The summed E-state index contributed by atoms with van der Waals surface area (Å²) in [5.74, 6) is 0.664. The lowest BCUT2D eigenvalue weighted by Crippen LogP contribution is -2.28. The van der Waals surface area contributed by atoms with E-state index >= 15 is 0 Å². The van der Waals surface area contributed by atoms with Crippen LogP contribution in [0.5, 0.6) is 5.75 Å². The van der Waals surface area contributed by atoms with Crippen LogP contribution in [0, 0.1) is 0 Å². The summed E-state index contributed by atoms with van der Waals surface area (Å²) in [5, 5.41) is 10.5. The minimum absolute atomic E-state index is 0.111. The van der Waals surface area contributed by atoms with E-state index in [0.29, 0.717) is 12.3 Å².